The summed E-state index contributed by atoms with van der Waals surface area (Å²) in [5.41, 5.74) is 5.28. The fraction of sp³-hybridized carbons (Fsp3) is 0.880. The van der Waals surface area contributed by atoms with E-state index < -0.39 is 5.97 Å². The predicted molar refractivity (Wildman–Crippen MR) is 130 cm³/mol. The van der Waals surface area contributed by atoms with Gasteiger partial charge in [0.2, 0.25) is 11.8 Å². The number of amides is 2. The van der Waals surface area contributed by atoms with Gasteiger partial charge in [-0.3, -0.25) is 14.4 Å². The number of aliphatic carboxylic acids is 1. The van der Waals surface area contributed by atoms with Crippen molar-refractivity contribution in [2.24, 2.45) is 5.73 Å². The molecule has 7 nitrogen and oxygen atoms in total. The lowest BCUT2D eigenvalue weighted by Crippen LogP contribution is -2.39. The molecule has 0 heterocycles. The maximum atomic E-state index is 11.8. The van der Waals surface area contributed by atoms with Gasteiger partial charge in [-0.05, 0) is 39.2 Å². The quantitative estimate of drug-likeness (QED) is 0.158. The van der Waals surface area contributed by atoms with Gasteiger partial charge in [-0.1, -0.05) is 77.0 Å². The maximum absolute atomic E-state index is 11.8. The van der Waals surface area contributed by atoms with Crippen molar-refractivity contribution in [3.05, 3.63) is 0 Å². The summed E-state index contributed by atoms with van der Waals surface area (Å²) in [5.74, 6) is -0.873. The highest BCUT2D eigenvalue weighted by Crippen LogP contribution is 2.13. The lowest BCUT2D eigenvalue weighted by molar-refractivity contribution is -0.137. The average molecular weight is 456 g/mol. The summed E-state index contributed by atoms with van der Waals surface area (Å²) in [6.45, 7) is 0.665. The fourth-order valence-corrected chi connectivity index (χ4v) is 3.90. The number of unbranched alkanes of at least 4 members (excludes halogenated alkanes) is 14. The standard InChI is InChI=1S/C25H49N3O4/c1-27-22(25(26)32)18-16-17-21-28-23(29)19-14-12-10-8-6-4-2-3-5-7-9-11-13-15-20-24(30)31/h22,27H,2-21H2,1H3,(H2,26,32)(H,28,29)(H,30,31). The van der Waals surface area contributed by atoms with E-state index in [0.717, 1.165) is 38.5 Å². The van der Waals surface area contributed by atoms with E-state index in [9.17, 15) is 14.4 Å². The van der Waals surface area contributed by atoms with Crippen molar-refractivity contribution in [2.45, 2.75) is 128 Å². The Morgan fingerprint density at radius 2 is 1.12 bits per heavy atom. The zero-order chi connectivity index (χ0) is 23.9. The molecule has 188 valence electrons. The van der Waals surface area contributed by atoms with Gasteiger partial charge in [-0.25, -0.2) is 0 Å². The van der Waals surface area contributed by atoms with Gasteiger partial charge >= 0.3 is 5.97 Å². The molecule has 0 saturated heterocycles. The van der Waals surface area contributed by atoms with Gasteiger partial charge < -0.3 is 21.5 Å². The first-order chi connectivity index (χ1) is 15.5. The molecule has 1 unspecified atom stereocenters. The third-order valence-electron chi connectivity index (χ3n) is 5.98. The first-order valence-electron chi connectivity index (χ1n) is 12.9. The lowest BCUT2D eigenvalue weighted by Gasteiger charge is -2.11. The Balaban J connectivity index is 3.26. The van der Waals surface area contributed by atoms with Crippen LogP contribution in [0.3, 0.4) is 0 Å². The van der Waals surface area contributed by atoms with Crippen LogP contribution in [0.4, 0.5) is 0 Å². The van der Waals surface area contributed by atoms with Crippen LogP contribution in [0.2, 0.25) is 0 Å². The third kappa shape index (κ3) is 21.6. The zero-order valence-electron chi connectivity index (χ0n) is 20.5. The summed E-state index contributed by atoms with van der Waals surface area (Å²) in [5, 5.41) is 14.4. The molecule has 0 spiro atoms. The van der Waals surface area contributed by atoms with Crippen molar-refractivity contribution in [1.82, 2.24) is 10.6 Å². The van der Waals surface area contributed by atoms with E-state index in [-0.39, 0.29) is 17.9 Å². The molecular weight excluding hydrogens is 406 g/mol. The Labute approximate surface area is 195 Å². The molecule has 0 aromatic heterocycles. The highest BCUT2D eigenvalue weighted by atomic mass is 16.4. The van der Waals surface area contributed by atoms with Crippen molar-refractivity contribution in [3.8, 4) is 0 Å². The lowest BCUT2D eigenvalue weighted by atomic mass is 10.0. The second kappa shape index (κ2) is 22.6. The number of carboxylic acids is 1. The van der Waals surface area contributed by atoms with Gasteiger partial charge in [-0.15, -0.1) is 0 Å². The van der Waals surface area contributed by atoms with Crippen LogP contribution in [-0.4, -0.2) is 42.5 Å². The van der Waals surface area contributed by atoms with Crippen LogP contribution in [0.15, 0.2) is 0 Å². The minimum atomic E-state index is -0.680. The van der Waals surface area contributed by atoms with E-state index in [1.54, 1.807) is 7.05 Å². The maximum Gasteiger partial charge on any atom is 0.303 e. The average Bonchev–Trinajstić information content (AvgIpc) is 2.75. The number of hydrogen-bond donors (Lipinski definition) is 4. The van der Waals surface area contributed by atoms with E-state index >= 15 is 0 Å². The minimum Gasteiger partial charge on any atom is -0.481 e. The van der Waals surface area contributed by atoms with Crippen molar-refractivity contribution in [1.29, 1.82) is 0 Å². The molecule has 0 aliphatic rings. The minimum absolute atomic E-state index is 0.131. The molecule has 0 radical (unpaired) electrons. The van der Waals surface area contributed by atoms with Gasteiger partial charge in [0.15, 0.2) is 0 Å². The van der Waals surface area contributed by atoms with Crippen molar-refractivity contribution in [2.75, 3.05) is 13.6 Å². The molecule has 0 fully saturated rings. The fourth-order valence-electron chi connectivity index (χ4n) is 3.90. The highest BCUT2D eigenvalue weighted by molar-refractivity contribution is 5.79. The van der Waals surface area contributed by atoms with Crippen LogP contribution in [0, 0.1) is 0 Å². The number of likely N-dealkylation sites (N-methyl/N-ethyl adjacent to an activating group) is 1. The van der Waals surface area contributed by atoms with Gasteiger partial charge in [0.25, 0.3) is 0 Å². The Bertz CT molecular complexity index is 486. The molecule has 7 heteroatoms. The number of nitrogens with one attached hydrogen (secondary N) is 2. The number of carboxylic acid groups (broad SMARTS) is 1. The molecule has 0 aromatic rings. The van der Waals surface area contributed by atoms with E-state index in [2.05, 4.69) is 10.6 Å². The van der Waals surface area contributed by atoms with Gasteiger partial charge in [0.1, 0.15) is 0 Å². The van der Waals surface area contributed by atoms with Crippen LogP contribution in [-0.2, 0) is 14.4 Å². The largest absolute Gasteiger partial charge is 0.481 e. The number of carbonyl (C=O) groups is 3. The molecule has 1 atom stereocenters. The van der Waals surface area contributed by atoms with Crippen LogP contribution in [0.5, 0.6) is 0 Å². The summed E-state index contributed by atoms with van der Waals surface area (Å²) < 4.78 is 0. The second-order valence-electron chi connectivity index (χ2n) is 8.93. The van der Waals surface area contributed by atoms with Crippen molar-refractivity contribution in [3.63, 3.8) is 0 Å². The van der Waals surface area contributed by atoms with E-state index in [0.29, 0.717) is 25.8 Å². The van der Waals surface area contributed by atoms with E-state index in [1.165, 1.54) is 64.2 Å². The van der Waals surface area contributed by atoms with E-state index in [4.69, 9.17) is 10.8 Å². The summed E-state index contributed by atoms with van der Waals surface area (Å²) in [7, 11) is 1.73. The summed E-state index contributed by atoms with van der Waals surface area (Å²) >= 11 is 0. The number of carbonyl (C=O) groups excluding carboxylic acids is 2. The summed E-state index contributed by atoms with van der Waals surface area (Å²) in [4.78, 5) is 33.4. The predicted octanol–water partition coefficient (Wildman–Crippen LogP) is 4.67. The Morgan fingerprint density at radius 3 is 1.53 bits per heavy atom. The smallest absolute Gasteiger partial charge is 0.303 e. The molecule has 0 aliphatic heterocycles. The Morgan fingerprint density at radius 1 is 0.688 bits per heavy atom. The zero-order valence-corrected chi connectivity index (χ0v) is 20.5. The van der Waals surface area contributed by atoms with Crippen molar-refractivity contribution < 1.29 is 19.5 Å². The SMILES string of the molecule is CNC(CCCCNC(=O)CCCCCCCCCCCCCCCCC(=O)O)C(N)=O. The Hall–Kier alpha value is -1.63. The topological polar surface area (TPSA) is 122 Å². The molecule has 0 bridgehead atoms. The van der Waals surface area contributed by atoms with Crippen LogP contribution < -0.4 is 16.4 Å². The molecule has 0 rings (SSSR count). The molecule has 0 aromatic carbocycles. The van der Waals surface area contributed by atoms with Crippen LogP contribution in [0.1, 0.15) is 122 Å². The first kappa shape index (κ1) is 30.4. The van der Waals surface area contributed by atoms with Gasteiger partial charge in [0, 0.05) is 19.4 Å². The molecule has 0 saturated carbocycles. The number of nitrogens with two attached hydrogens (primary N) is 1. The molecule has 5 N–H and O–H groups in total. The molecule has 2 amide bonds. The van der Waals surface area contributed by atoms with Gasteiger partial charge in [0.05, 0.1) is 6.04 Å². The van der Waals surface area contributed by atoms with E-state index in [1.807, 2.05) is 0 Å². The second-order valence-corrected chi connectivity index (χ2v) is 8.93. The third-order valence-corrected chi connectivity index (χ3v) is 5.98. The number of primary amides is 1. The van der Waals surface area contributed by atoms with Crippen LogP contribution in [0.25, 0.3) is 0 Å². The molecular formula is C25H49N3O4. The molecule has 0 aliphatic carbocycles. The highest BCUT2D eigenvalue weighted by Gasteiger charge is 2.11. The molecule has 32 heavy (non-hydrogen) atoms. The first-order valence-corrected chi connectivity index (χ1v) is 12.9. The number of rotatable bonds is 24. The van der Waals surface area contributed by atoms with Crippen LogP contribution >= 0.6 is 0 Å². The summed E-state index contributed by atoms with van der Waals surface area (Å²) in [6, 6.07) is -0.279. The van der Waals surface area contributed by atoms with Crippen molar-refractivity contribution >= 4 is 17.8 Å². The summed E-state index contributed by atoms with van der Waals surface area (Å²) in [6.07, 6.45) is 20.0. The van der Waals surface area contributed by atoms with Gasteiger partial charge in [-0.2, -0.15) is 0 Å². The number of hydrogen-bond acceptors (Lipinski definition) is 4. The monoisotopic (exact) mass is 455 g/mol. The normalized spacial score (nSPS) is 11.9. The Kier molecular flexibility index (Phi) is 21.4.